The Labute approximate surface area is 130 Å². The smallest absolute Gasteiger partial charge is 0.253 e. The molecule has 0 unspecified atom stereocenters. The first-order chi connectivity index (χ1) is 10.8. The largest absolute Gasteiger partial charge is 0.335 e. The van der Waals surface area contributed by atoms with Gasteiger partial charge in [-0.05, 0) is 50.2 Å². The van der Waals surface area contributed by atoms with E-state index in [-0.39, 0.29) is 5.91 Å². The molecule has 2 aliphatic heterocycles. The second kappa shape index (κ2) is 5.69. The minimum atomic E-state index is 0.152. The number of amides is 1. The van der Waals surface area contributed by atoms with E-state index < -0.39 is 0 Å². The third-order valence-corrected chi connectivity index (χ3v) is 4.91. The molecule has 1 aromatic heterocycles. The lowest BCUT2D eigenvalue weighted by Gasteiger charge is -2.46. The van der Waals surface area contributed by atoms with Crippen LogP contribution in [0.25, 0.3) is 10.9 Å². The molecule has 0 aliphatic carbocycles. The van der Waals surface area contributed by atoms with Crippen molar-refractivity contribution < 1.29 is 4.79 Å². The van der Waals surface area contributed by atoms with Gasteiger partial charge in [-0.2, -0.15) is 0 Å². The zero-order valence-corrected chi connectivity index (χ0v) is 12.7. The Balaban J connectivity index is 1.43. The summed E-state index contributed by atoms with van der Waals surface area (Å²) in [4.78, 5) is 21.4. The molecular weight excluding hydrogens is 274 g/mol. The molecule has 0 saturated carbocycles. The van der Waals surface area contributed by atoms with Gasteiger partial charge in [-0.15, -0.1) is 0 Å². The van der Waals surface area contributed by atoms with E-state index in [1.165, 1.54) is 32.4 Å². The number of piperidine rings is 1. The Morgan fingerprint density at radius 2 is 1.91 bits per heavy atom. The third kappa shape index (κ3) is 2.48. The first-order valence-electron chi connectivity index (χ1n) is 8.19. The highest BCUT2D eigenvalue weighted by atomic mass is 16.2. The highest BCUT2D eigenvalue weighted by molar-refractivity contribution is 5.98. The fourth-order valence-corrected chi connectivity index (χ4v) is 3.53. The summed E-state index contributed by atoms with van der Waals surface area (Å²) >= 11 is 0. The topological polar surface area (TPSA) is 36.4 Å². The van der Waals surface area contributed by atoms with Gasteiger partial charge >= 0.3 is 0 Å². The van der Waals surface area contributed by atoms with Crippen LogP contribution < -0.4 is 0 Å². The predicted molar refractivity (Wildman–Crippen MR) is 86.9 cm³/mol. The van der Waals surface area contributed by atoms with Crippen LogP contribution in [0.3, 0.4) is 0 Å². The van der Waals surface area contributed by atoms with Crippen LogP contribution in [0, 0.1) is 0 Å². The van der Waals surface area contributed by atoms with E-state index in [1.807, 2.05) is 35.2 Å². The number of pyridine rings is 1. The summed E-state index contributed by atoms with van der Waals surface area (Å²) < 4.78 is 0. The van der Waals surface area contributed by atoms with E-state index in [4.69, 9.17) is 0 Å². The minimum Gasteiger partial charge on any atom is -0.335 e. The van der Waals surface area contributed by atoms with Crippen molar-refractivity contribution in [2.75, 3.05) is 26.2 Å². The Hall–Kier alpha value is -1.94. The lowest BCUT2D eigenvalue weighted by Crippen LogP contribution is -2.61. The van der Waals surface area contributed by atoms with Gasteiger partial charge in [-0.25, -0.2) is 0 Å². The molecule has 0 bridgehead atoms. The van der Waals surface area contributed by atoms with E-state index in [0.717, 1.165) is 29.6 Å². The molecule has 0 N–H and O–H groups in total. The fraction of sp³-hybridized carbons (Fsp3) is 0.444. The maximum atomic E-state index is 12.6. The van der Waals surface area contributed by atoms with Crippen molar-refractivity contribution in [3.63, 3.8) is 0 Å². The molecule has 2 aromatic rings. The average molecular weight is 295 g/mol. The van der Waals surface area contributed by atoms with Crippen molar-refractivity contribution in [1.29, 1.82) is 0 Å². The van der Waals surface area contributed by atoms with Gasteiger partial charge in [0.15, 0.2) is 0 Å². The number of aromatic nitrogens is 1. The number of rotatable bonds is 2. The molecule has 22 heavy (non-hydrogen) atoms. The number of carbonyl (C=O) groups is 1. The first-order valence-corrected chi connectivity index (χ1v) is 8.19. The lowest BCUT2D eigenvalue weighted by molar-refractivity contribution is 0.0203. The molecule has 4 nitrogen and oxygen atoms in total. The maximum Gasteiger partial charge on any atom is 0.253 e. The summed E-state index contributed by atoms with van der Waals surface area (Å²) in [6, 6.07) is 10.3. The summed E-state index contributed by atoms with van der Waals surface area (Å²) in [7, 11) is 0. The van der Waals surface area contributed by atoms with Gasteiger partial charge in [0.25, 0.3) is 5.91 Å². The monoisotopic (exact) mass is 295 g/mol. The number of fused-ring (bicyclic) bond motifs is 1. The molecule has 1 amide bonds. The van der Waals surface area contributed by atoms with E-state index in [9.17, 15) is 4.79 Å². The van der Waals surface area contributed by atoms with Gasteiger partial charge in [-0.1, -0.05) is 12.5 Å². The molecule has 4 rings (SSSR count). The van der Waals surface area contributed by atoms with Crippen molar-refractivity contribution in [3.8, 4) is 0 Å². The molecule has 0 atom stereocenters. The van der Waals surface area contributed by atoms with E-state index >= 15 is 0 Å². The van der Waals surface area contributed by atoms with Gasteiger partial charge in [0, 0.05) is 36.3 Å². The predicted octanol–water partition coefficient (Wildman–Crippen LogP) is 2.55. The van der Waals surface area contributed by atoms with Crippen molar-refractivity contribution in [2.45, 2.75) is 25.3 Å². The zero-order chi connectivity index (χ0) is 14.9. The molecule has 0 spiro atoms. The summed E-state index contributed by atoms with van der Waals surface area (Å²) in [6.07, 6.45) is 5.75. The van der Waals surface area contributed by atoms with E-state index in [2.05, 4.69) is 9.88 Å². The number of nitrogens with zero attached hydrogens (tertiary/aromatic N) is 3. The van der Waals surface area contributed by atoms with Crippen LogP contribution >= 0.6 is 0 Å². The standard InChI is InChI=1S/C18H21N3O/c22-18(15-6-7-17-14(11-15)5-4-8-19-17)21-12-16(13-21)20-9-2-1-3-10-20/h4-8,11,16H,1-3,9-10,12-13H2. The van der Waals surface area contributed by atoms with Crippen LogP contribution in [0.15, 0.2) is 36.5 Å². The van der Waals surface area contributed by atoms with Gasteiger partial charge in [0.2, 0.25) is 0 Å². The van der Waals surface area contributed by atoms with Crippen molar-refractivity contribution in [2.24, 2.45) is 0 Å². The van der Waals surface area contributed by atoms with Gasteiger partial charge in [0.05, 0.1) is 5.52 Å². The Kier molecular flexibility index (Phi) is 3.54. The summed E-state index contributed by atoms with van der Waals surface area (Å²) in [5.74, 6) is 0.152. The number of likely N-dealkylation sites (tertiary alicyclic amines) is 2. The van der Waals surface area contributed by atoms with Crippen LogP contribution in [0.1, 0.15) is 29.6 Å². The number of carbonyl (C=O) groups excluding carboxylic acids is 1. The zero-order valence-electron chi connectivity index (χ0n) is 12.7. The van der Waals surface area contributed by atoms with Crippen LogP contribution in [0.2, 0.25) is 0 Å². The molecule has 3 heterocycles. The summed E-state index contributed by atoms with van der Waals surface area (Å²) in [6.45, 7) is 4.16. The number of benzene rings is 1. The molecule has 114 valence electrons. The molecule has 0 radical (unpaired) electrons. The highest BCUT2D eigenvalue weighted by Gasteiger charge is 2.35. The van der Waals surface area contributed by atoms with Crippen LogP contribution in [-0.4, -0.2) is 52.9 Å². The molecule has 2 saturated heterocycles. The Morgan fingerprint density at radius 3 is 2.73 bits per heavy atom. The maximum absolute atomic E-state index is 12.6. The Morgan fingerprint density at radius 1 is 1.09 bits per heavy atom. The third-order valence-electron chi connectivity index (χ3n) is 4.91. The van der Waals surface area contributed by atoms with Crippen LogP contribution in [-0.2, 0) is 0 Å². The summed E-state index contributed by atoms with van der Waals surface area (Å²) in [5, 5.41) is 1.03. The average Bonchev–Trinajstić information content (AvgIpc) is 2.54. The molecule has 2 aliphatic rings. The quantitative estimate of drug-likeness (QED) is 0.854. The number of hydrogen-bond acceptors (Lipinski definition) is 3. The molecule has 4 heteroatoms. The van der Waals surface area contributed by atoms with Crippen molar-refractivity contribution >= 4 is 16.8 Å². The van der Waals surface area contributed by atoms with Crippen molar-refractivity contribution in [1.82, 2.24) is 14.8 Å². The fourth-order valence-electron chi connectivity index (χ4n) is 3.53. The SMILES string of the molecule is O=C(c1ccc2ncccc2c1)N1CC(N2CCCCC2)C1. The molecule has 1 aromatic carbocycles. The van der Waals surface area contributed by atoms with E-state index in [0.29, 0.717) is 6.04 Å². The lowest BCUT2D eigenvalue weighted by atomic mass is 10.0. The molecule has 2 fully saturated rings. The highest BCUT2D eigenvalue weighted by Crippen LogP contribution is 2.22. The van der Waals surface area contributed by atoms with Gasteiger partial charge < -0.3 is 4.90 Å². The first kappa shape index (κ1) is 13.7. The second-order valence-electron chi connectivity index (χ2n) is 6.37. The minimum absolute atomic E-state index is 0.152. The second-order valence-corrected chi connectivity index (χ2v) is 6.37. The van der Waals surface area contributed by atoms with Crippen LogP contribution in [0.4, 0.5) is 0 Å². The molecular formula is C18H21N3O. The number of hydrogen-bond donors (Lipinski definition) is 0. The van der Waals surface area contributed by atoms with E-state index in [1.54, 1.807) is 6.20 Å². The van der Waals surface area contributed by atoms with Gasteiger partial charge in [-0.3, -0.25) is 14.7 Å². The Bertz CT molecular complexity index is 688. The normalized spacial score (nSPS) is 20.1. The summed E-state index contributed by atoms with van der Waals surface area (Å²) in [5.41, 5.74) is 1.71. The van der Waals surface area contributed by atoms with Crippen LogP contribution in [0.5, 0.6) is 0 Å². The van der Waals surface area contributed by atoms with Gasteiger partial charge in [0.1, 0.15) is 0 Å². The van der Waals surface area contributed by atoms with Crippen molar-refractivity contribution in [3.05, 3.63) is 42.1 Å².